The molecule has 0 aliphatic carbocycles. The van der Waals surface area contributed by atoms with E-state index in [4.69, 9.17) is 49.3 Å². The Morgan fingerprint density at radius 1 is 1.01 bits per heavy atom. The number of benzene rings is 2. The SMILES string of the molecule is C#CCOCCC(=O)Nc1cc(COC(=O)N(CCS(C)(=O)=O)COCC(CO)(CO)NCc2c3c(nc4cc5c(cc24)OCO5)-c2cc4c(c(=O)n2C3)COC(=O)[C@]4(O)CC)ccc1O[C@@H]1O[C@H](C(=O)O)[C@@H](O)[C@H](O)[C@H]1O. The third-order valence-corrected chi connectivity index (χ3v) is 14.5. The molecule has 0 unspecified atom stereocenters. The van der Waals surface area contributed by atoms with Crippen molar-refractivity contribution in [2.45, 2.75) is 87.9 Å². The van der Waals surface area contributed by atoms with Gasteiger partial charge in [-0.1, -0.05) is 18.9 Å². The maximum atomic E-state index is 14.1. The van der Waals surface area contributed by atoms with Crippen LogP contribution in [-0.4, -0.2) is 184 Å². The van der Waals surface area contributed by atoms with Gasteiger partial charge in [0.25, 0.3) is 5.56 Å². The summed E-state index contributed by atoms with van der Waals surface area (Å²) in [4.78, 5) is 71.2. The number of aromatic nitrogens is 2. The van der Waals surface area contributed by atoms with Gasteiger partial charge in [-0.25, -0.2) is 27.8 Å². The fraction of sp³-hybridized carbons (Fsp3) is 0.480. The Labute approximate surface area is 444 Å². The molecule has 6 atom stereocenters. The number of sulfone groups is 1. The van der Waals surface area contributed by atoms with E-state index in [9.17, 15) is 68.1 Å². The number of nitrogens with one attached hydrogen (secondary N) is 2. The van der Waals surface area contributed by atoms with Gasteiger partial charge in [0.15, 0.2) is 23.2 Å². The molecule has 4 aliphatic heterocycles. The number of carbonyl (C=O) groups excluding carboxylic acids is 3. The van der Waals surface area contributed by atoms with Crippen LogP contribution >= 0.6 is 0 Å². The Balaban J connectivity index is 0.999. The van der Waals surface area contributed by atoms with E-state index in [1.165, 1.54) is 22.8 Å². The van der Waals surface area contributed by atoms with Crippen molar-refractivity contribution < 1.29 is 101 Å². The minimum atomic E-state index is -3.69. The first-order valence-electron chi connectivity index (χ1n) is 24.2. The molecule has 2 amide bonds. The van der Waals surface area contributed by atoms with Crippen molar-refractivity contribution in [3.63, 3.8) is 0 Å². The summed E-state index contributed by atoms with van der Waals surface area (Å²) in [5.74, 6) is -0.894. The maximum Gasteiger partial charge on any atom is 0.411 e. The highest BCUT2D eigenvalue weighted by Crippen LogP contribution is 2.43. The number of anilines is 1. The van der Waals surface area contributed by atoms with Crippen LogP contribution in [0.2, 0.25) is 0 Å². The van der Waals surface area contributed by atoms with Gasteiger partial charge in [-0.15, -0.1) is 6.42 Å². The van der Waals surface area contributed by atoms with Crippen molar-refractivity contribution in [2.75, 3.05) is 70.4 Å². The number of terminal acetylenes is 1. The smallest absolute Gasteiger partial charge is 0.411 e. The second-order valence-electron chi connectivity index (χ2n) is 18.9. The van der Waals surface area contributed by atoms with Crippen molar-refractivity contribution in [1.82, 2.24) is 19.8 Å². The van der Waals surface area contributed by atoms with Gasteiger partial charge in [0.1, 0.15) is 60.5 Å². The van der Waals surface area contributed by atoms with Crippen molar-refractivity contribution in [3.8, 4) is 41.0 Å². The molecular weight excluding hydrogens is 1050 g/mol. The van der Waals surface area contributed by atoms with E-state index in [0.717, 1.165) is 11.2 Å². The number of aliphatic hydroxyl groups is 6. The number of nitrogens with zero attached hydrogens (tertiary/aromatic N) is 3. The maximum absolute atomic E-state index is 14.1. The number of carbonyl (C=O) groups is 4. The molecule has 0 bridgehead atoms. The Hall–Kier alpha value is -7.01. The van der Waals surface area contributed by atoms with Crippen molar-refractivity contribution in [3.05, 3.63) is 74.6 Å². The van der Waals surface area contributed by atoms with Gasteiger partial charge in [0.2, 0.25) is 19.0 Å². The fourth-order valence-electron chi connectivity index (χ4n) is 9.06. The zero-order chi connectivity index (χ0) is 56.3. The number of esters is 1. The first-order valence-corrected chi connectivity index (χ1v) is 26.3. The monoisotopic (exact) mass is 1110 g/mol. The Morgan fingerprint density at radius 2 is 1.76 bits per heavy atom. The van der Waals surface area contributed by atoms with Crippen LogP contribution in [0.1, 0.15) is 47.6 Å². The molecule has 0 spiro atoms. The molecule has 2 aromatic heterocycles. The molecule has 1 saturated heterocycles. The zero-order valence-electron chi connectivity index (χ0n) is 42.0. The summed E-state index contributed by atoms with van der Waals surface area (Å²) in [5.41, 5.74) is -1.75. The molecule has 420 valence electrons. The van der Waals surface area contributed by atoms with Crippen LogP contribution < -0.4 is 30.4 Å². The second-order valence-corrected chi connectivity index (χ2v) is 21.1. The summed E-state index contributed by atoms with van der Waals surface area (Å²) >= 11 is 0. The van der Waals surface area contributed by atoms with Gasteiger partial charge in [-0.3, -0.25) is 14.5 Å². The number of rotatable bonds is 23. The number of pyridine rings is 2. The van der Waals surface area contributed by atoms with Gasteiger partial charge in [-0.05, 0) is 41.8 Å². The molecule has 6 heterocycles. The van der Waals surface area contributed by atoms with Gasteiger partial charge >= 0.3 is 18.0 Å². The molecule has 27 nitrogen and oxygen atoms in total. The van der Waals surface area contributed by atoms with Gasteiger partial charge < -0.3 is 88.8 Å². The number of carboxylic acid groups (broad SMARTS) is 1. The first-order chi connectivity index (χ1) is 37.1. The van der Waals surface area contributed by atoms with Crippen LogP contribution in [-0.2, 0) is 79.8 Å². The summed E-state index contributed by atoms with van der Waals surface area (Å²) in [5, 5.41) is 80.0. The average molecular weight is 1110 g/mol. The largest absolute Gasteiger partial charge is 0.479 e. The van der Waals surface area contributed by atoms with Crippen LogP contribution in [0.4, 0.5) is 10.5 Å². The number of amides is 2. The van der Waals surface area contributed by atoms with Crippen LogP contribution in [0, 0.1) is 12.3 Å². The molecule has 28 heteroatoms. The summed E-state index contributed by atoms with van der Waals surface area (Å²) in [6, 6.07) is 8.80. The molecule has 2 aromatic carbocycles. The van der Waals surface area contributed by atoms with E-state index >= 15 is 0 Å². The number of cyclic esters (lactones) is 1. The van der Waals surface area contributed by atoms with Crippen LogP contribution in [0.25, 0.3) is 22.3 Å². The van der Waals surface area contributed by atoms with E-state index < -0.39 is 127 Å². The third kappa shape index (κ3) is 11.9. The summed E-state index contributed by atoms with van der Waals surface area (Å²) in [6.45, 7) is -2.68. The molecule has 4 aromatic rings. The van der Waals surface area contributed by atoms with Crippen molar-refractivity contribution in [2.24, 2.45) is 0 Å². The van der Waals surface area contributed by atoms with Crippen molar-refractivity contribution in [1.29, 1.82) is 0 Å². The quantitative estimate of drug-likeness (QED) is 0.0156. The Kier molecular flexibility index (Phi) is 17.2. The molecule has 0 saturated carbocycles. The first kappa shape index (κ1) is 57.2. The zero-order valence-corrected chi connectivity index (χ0v) is 42.9. The lowest BCUT2D eigenvalue weighted by Crippen LogP contribution is -2.61. The van der Waals surface area contributed by atoms with E-state index in [2.05, 4.69) is 16.6 Å². The topological polar surface area (TPSA) is 380 Å². The molecule has 9 N–H and O–H groups in total. The molecule has 8 rings (SSSR count). The average Bonchev–Trinajstić information content (AvgIpc) is 4.22. The fourth-order valence-corrected chi connectivity index (χ4v) is 9.61. The van der Waals surface area contributed by atoms with E-state index in [-0.39, 0.29) is 80.7 Å². The normalized spacial score (nSPS) is 21.2. The summed E-state index contributed by atoms with van der Waals surface area (Å²) in [6.07, 6.45) is -5.09. The highest BCUT2D eigenvalue weighted by molar-refractivity contribution is 7.90. The number of ether oxygens (including phenoxy) is 8. The standard InChI is InChI=1S/C50H57N5O22S/c1-4-10-70-11-8-38(58)52-33-13-26(6-7-35(33)76-46-42(61)40(59)41(60)43(77-46)45(63)64)19-73-48(66)54(9-12-78(3,68)69)24-71-23-49(21-56,22-57)51-17-28-27-14-36-37(75-25-74-36)16-32(27)53-39-29(28)18-55-34(39)15-31-30(44(55)62)20-72-47(65)50(31,67)5-2/h1,6-7,13-16,40-43,46,51,56-57,59-61,67H,5,8-12,17-25H2,2-3H3,(H,52,58)(H,63,64)/t40-,41-,42+,43-,46+,50-/m0/s1. The predicted octanol–water partition coefficient (Wildman–Crippen LogP) is -1.47. The Morgan fingerprint density at radius 3 is 2.45 bits per heavy atom. The Bertz CT molecular complexity index is 3200. The van der Waals surface area contributed by atoms with Gasteiger partial charge in [0.05, 0.1) is 78.8 Å². The number of fused-ring (bicyclic) bond motifs is 6. The summed E-state index contributed by atoms with van der Waals surface area (Å²) in [7, 11) is -3.69. The van der Waals surface area contributed by atoms with Crippen molar-refractivity contribution >= 4 is 50.4 Å². The second kappa shape index (κ2) is 23.5. The van der Waals surface area contributed by atoms with E-state index in [0.29, 0.717) is 44.9 Å². The molecule has 4 aliphatic rings. The number of hydrogen-bond acceptors (Lipinski definition) is 23. The minimum Gasteiger partial charge on any atom is -0.479 e. The number of hydrogen-bond donors (Lipinski definition) is 9. The molecule has 0 radical (unpaired) electrons. The molecular formula is C50H57N5O22S. The van der Waals surface area contributed by atoms with Gasteiger partial charge in [-0.2, -0.15) is 0 Å². The van der Waals surface area contributed by atoms with Crippen LogP contribution in [0.5, 0.6) is 17.2 Å². The lowest BCUT2D eigenvalue weighted by atomic mass is 9.86. The van der Waals surface area contributed by atoms with Gasteiger partial charge in [0, 0.05) is 41.9 Å². The highest BCUT2D eigenvalue weighted by atomic mass is 32.2. The minimum absolute atomic E-state index is 0.00876. The van der Waals surface area contributed by atoms with Crippen LogP contribution in [0.15, 0.2) is 41.2 Å². The molecule has 1 fully saturated rings. The lowest BCUT2D eigenvalue weighted by molar-refractivity contribution is -0.271. The van der Waals surface area contributed by atoms with E-state index in [1.54, 1.807) is 25.1 Å². The number of aliphatic carboxylic acids is 1. The lowest BCUT2D eigenvalue weighted by Gasteiger charge is -2.38. The third-order valence-electron chi connectivity index (χ3n) is 13.6. The van der Waals surface area contributed by atoms with E-state index in [1.807, 2.05) is 0 Å². The number of aliphatic hydroxyl groups excluding tert-OH is 5. The predicted molar refractivity (Wildman–Crippen MR) is 266 cm³/mol. The highest BCUT2D eigenvalue weighted by Gasteiger charge is 2.49. The summed E-state index contributed by atoms with van der Waals surface area (Å²) < 4.78 is 70.2. The number of carboxylic acids is 1. The van der Waals surface area contributed by atoms with Crippen LogP contribution in [0.3, 0.4) is 0 Å². The molecule has 78 heavy (non-hydrogen) atoms.